The van der Waals surface area contributed by atoms with Crippen LogP contribution in [-0.4, -0.2) is 115 Å². The van der Waals surface area contributed by atoms with Gasteiger partial charge in [0.1, 0.15) is 12.2 Å². The van der Waals surface area contributed by atoms with E-state index in [0.29, 0.717) is 38.3 Å². The molecule has 0 aromatic heterocycles. The number of hydrogen-bond donors (Lipinski definition) is 2. The number of methoxy groups -OCH3 is 1. The second kappa shape index (κ2) is 11.0. The number of likely N-dealkylation sites (tertiary alicyclic amines) is 1. The summed E-state index contributed by atoms with van der Waals surface area (Å²) in [6, 6.07) is 0. The van der Waals surface area contributed by atoms with E-state index in [4.69, 9.17) is 18.9 Å². The van der Waals surface area contributed by atoms with Gasteiger partial charge in [-0.25, -0.2) is 4.79 Å². The van der Waals surface area contributed by atoms with Crippen molar-refractivity contribution in [2.45, 2.75) is 76.0 Å². The summed E-state index contributed by atoms with van der Waals surface area (Å²) in [4.78, 5) is 17.1. The molecule has 0 spiro atoms. The quantitative estimate of drug-likeness (QED) is 0.515. The molecule has 0 aromatic carbocycles. The molecule has 3 saturated heterocycles. The predicted octanol–water partition coefficient (Wildman–Crippen LogP) is 1.81. The lowest BCUT2D eigenvalue weighted by Gasteiger charge is -2.57. The van der Waals surface area contributed by atoms with Crippen molar-refractivity contribution >= 4 is 6.09 Å². The van der Waals surface area contributed by atoms with Crippen LogP contribution < -0.4 is 0 Å². The Kier molecular flexibility index (Phi) is 8.45. The summed E-state index contributed by atoms with van der Waals surface area (Å²) in [6.07, 6.45) is 2.53. The van der Waals surface area contributed by atoms with Crippen LogP contribution in [0.5, 0.6) is 0 Å². The molecule has 1 amide bonds. The first-order valence-electron chi connectivity index (χ1n) is 13.1. The van der Waals surface area contributed by atoms with Crippen molar-refractivity contribution in [2.75, 3.05) is 59.7 Å². The average molecular weight is 497 g/mol. The summed E-state index contributed by atoms with van der Waals surface area (Å²) in [5.41, 5.74) is -1.43. The molecule has 0 bridgehead atoms. The Hall–Kier alpha value is -1.23. The number of rotatable bonds is 7. The summed E-state index contributed by atoms with van der Waals surface area (Å²) in [5, 5.41) is 23.0. The third kappa shape index (κ3) is 5.86. The van der Waals surface area contributed by atoms with Crippen LogP contribution in [0, 0.1) is 11.8 Å². The van der Waals surface area contributed by atoms with Crippen LogP contribution in [-0.2, 0) is 18.9 Å². The van der Waals surface area contributed by atoms with Gasteiger partial charge in [0.15, 0.2) is 0 Å². The standard InChI is InChI=1S/C26H44N2O7/c1-18(2)5-6-21-25(3,30)23-22(32-4)20(7-9-26(23,31)17-34-21)35-24(29)28-15-19(16-28)8-10-27-11-13-33-14-12-27/h5,19-23,30-31H,6-17H2,1-4H3. The maximum absolute atomic E-state index is 12.9. The van der Waals surface area contributed by atoms with Crippen LogP contribution in [0.3, 0.4) is 0 Å². The van der Waals surface area contributed by atoms with E-state index in [2.05, 4.69) is 4.90 Å². The molecule has 9 nitrogen and oxygen atoms in total. The first-order valence-corrected chi connectivity index (χ1v) is 13.1. The van der Waals surface area contributed by atoms with E-state index in [1.807, 2.05) is 19.9 Å². The minimum absolute atomic E-state index is 0.132. The van der Waals surface area contributed by atoms with E-state index >= 15 is 0 Å². The van der Waals surface area contributed by atoms with Gasteiger partial charge in [-0.1, -0.05) is 11.6 Å². The fourth-order valence-corrected chi connectivity index (χ4v) is 6.24. The Bertz CT molecular complexity index is 759. The van der Waals surface area contributed by atoms with Crippen LogP contribution >= 0.6 is 0 Å². The molecule has 200 valence electrons. The Labute approximate surface area is 209 Å². The minimum Gasteiger partial charge on any atom is -0.443 e. The number of hydrogen-bond acceptors (Lipinski definition) is 8. The number of fused-ring (bicyclic) bond motifs is 1. The molecular formula is C26H44N2O7. The zero-order valence-corrected chi connectivity index (χ0v) is 21.8. The van der Waals surface area contributed by atoms with Crippen LogP contribution in [0.4, 0.5) is 4.79 Å². The van der Waals surface area contributed by atoms with Gasteiger partial charge in [-0.15, -0.1) is 0 Å². The Morgan fingerprint density at radius 2 is 1.91 bits per heavy atom. The number of ether oxygens (including phenoxy) is 4. The highest BCUT2D eigenvalue weighted by atomic mass is 16.6. The summed E-state index contributed by atoms with van der Waals surface area (Å²) < 4.78 is 23.1. The fraction of sp³-hybridized carbons (Fsp3) is 0.885. The summed E-state index contributed by atoms with van der Waals surface area (Å²) in [5.74, 6) is -0.138. The Morgan fingerprint density at radius 3 is 2.57 bits per heavy atom. The molecule has 6 unspecified atom stereocenters. The van der Waals surface area contributed by atoms with Crippen molar-refractivity contribution in [1.29, 1.82) is 0 Å². The van der Waals surface area contributed by atoms with E-state index in [9.17, 15) is 15.0 Å². The minimum atomic E-state index is -1.34. The second-order valence-electron chi connectivity index (χ2n) is 11.3. The Balaban J connectivity index is 1.33. The average Bonchev–Trinajstić information content (AvgIpc) is 2.78. The number of nitrogens with zero attached hydrogens (tertiary/aromatic N) is 2. The maximum Gasteiger partial charge on any atom is 0.410 e. The van der Waals surface area contributed by atoms with Gasteiger partial charge >= 0.3 is 6.09 Å². The maximum atomic E-state index is 12.9. The number of morpholine rings is 1. The van der Waals surface area contributed by atoms with Gasteiger partial charge in [0.2, 0.25) is 0 Å². The molecule has 1 saturated carbocycles. The zero-order valence-electron chi connectivity index (χ0n) is 21.8. The SMILES string of the molecule is COC1C(OC(=O)N2CC(CCN3CCOCC3)C2)CCC2(O)COC(CC=C(C)C)C(C)(O)C12. The lowest BCUT2D eigenvalue weighted by atomic mass is 9.62. The van der Waals surface area contributed by atoms with Crippen molar-refractivity contribution in [2.24, 2.45) is 11.8 Å². The lowest BCUT2D eigenvalue weighted by Crippen LogP contribution is -2.71. The van der Waals surface area contributed by atoms with Gasteiger partial charge in [-0.2, -0.15) is 0 Å². The van der Waals surface area contributed by atoms with Gasteiger partial charge in [-0.3, -0.25) is 4.90 Å². The highest BCUT2D eigenvalue weighted by Gasteiger charge is 2.62. The smallest absolute Gasteiger partial charge is 0.410 e. The highest BCUT2D eigenvalue weighted by molar-refractivity contribution is 5.69. The van der Waals surface area contributed by atoms with E-state index in [-0.39, 0.29) is 12.7 Å². The van der Waals surface area contributed by atoms with E-state index in [1.54, 1.807) is 18.9 Å². The molecule has 35 heavy (non-hydrogen) atoms. The molecule has 4 rings (SSSR count). The first-order chi connectivity index (χ1) is 16.6. The molecule has 3 heterocycles. The second-order valence-corrected chi connectivity index (χ2v) is 11.3. The van der Waals surface area contributed by atoms with E-state index in [1.165, 1.54) is 0 Å². The Morgan fingerprint density at radius 1 is 1.20 bits per heavy atom. The molecule has 3 aliphatic heterocycles. The van der Waals surface area contributed by atoms with Gasteiger partial charge in [-0.05, 0) is 58.9 Å². The molecular weight excluding hydrogens is 452 g/mol. The van der Waals surface area contributed by atoms with Crippen molar-refractivity contribution < 1.29 is 34.0 Å². The predicted molar refractivity (Wildman–Crippen MR) is 130 cm³/mol. The third-order valence-electron chi connectivity index (χ3n) is 8.39. The highest BCUT2D eigenvalue weighted by Crippen LogP contribution is 2.48. The number of carbonyl (C=O) groups is 1. The number of aliphatic hydroxyl groups is 2. The summed E-state index contributed by atoms with van der Waals surface area (Å²) >= 11 is 0. The topological polar surface area (TPSA) is 101 Å². The first kappa shape index (κ1) is 26.8. The van der Waals surface area contributed by atoms with Crippen LogP contribution in [0.25, 0.3) is 0 Å². The number of amides is 1. The molecule has 4 aliphatic rings. The van der Waals surface area contributed by atoms with Crippen molar-refractivity contribution in [3.05, 3.63) is 11.6 Å². The molecule has 4 fully saturated rings. The molecule has 2 N–H and O–H groups in total. The molecule has 0 aromatic rings. The fourth-order valence-electron chi connectivity index (χ4n) is 6.24. The monoisotopic (exact) mass is 496 g/mol. The zero-order chi connectivity index (χ0) is 25.2. The normalized spacial score (nSPS) is 38.4. The lowest BCUT2D eigenvalue weighted by molar-refractivity contribution is -0.297. The molecule has 1 aliphatic carbocycles. The molecule has 0 radical (unpaired) electrons. The van der Waals surface area contributed by atoms with Gasteiger partial charge in [0, 0.05) is 33.3 Å². The van der Waals surface area contributed by atoms with E-state index < -0.39 is 35.4 Å². The van der Waals surface area contributed by atoms with E-state index in [0.717, 1.165) is 44.8 Å². The van der Waals surface area contributed by atoms with Gasteiger partial charge in [0.05, 0.1) is 43.0 Å². The van der Waals surface area contributed by atoms with Crippen molar-refractivity contribution in [3.8, 4) is 0 Å². The van der Waals surface area contributed by atoms with Crippen molar-refractivity contribution in [1.82, 2.24) is 9.80 Å². The van der Waals surface area contributed by atoms with Gasteiger partial charge in [0.25, 0.3) is 0 Å². The summed E-state index contributed by atoms with van der Waals surface area (Å²) in [7, 11) is 1.55. The molecule has 9 heteroatoms. The number of carbonyl (C=O) groups excluding carboxylic acids is 1. The van der Waals surface area contributed by atoms with Crippen LogP contribution in [0.2, 0.25) is 0 Å². The van der Waals surface area contributed by atoms with Gasteiger partial charge < -0.3 is 34.1 Å². The largest absolute Gasteiger partial charge is 0.443 e. The van der Waals surface area contributed by atoms with Crippen molar-refractivity contribution in [3.63, 3.8) is 0 Å². The summed E-state index contributed by atoms with van der Waals surface area (Å²) in [6.45, 7) is 11.9. The van der Waals surface area contributed by atoms with Crippen LogP contribution in [0.15, 0.2) is 11.6 Å². The third-order valence-corrected chi connectivity index (χ3v) is 8.39. The van der Waals surface area contributed by atoms with Crippen LogP contribution in [0.1, 0.15) is 46.5 Å². The molecule has 6 atom stereocenters. The number of allylic oxidation sites excluding steroid dienone is 1.